The number of rotatable bonds is 1. The Bertz CT molecular complexity index is 318. The smallest absolute Gasteiger partial charge is 0.418 e. The lowest BCUT2D eigenvalue weighted by atomic mass is 10.2. The standard InChI is InChI=1S/C13H25N2.BF4/c1-10-5-6-11(2)14(10)9-15-12(3)7-8-13(15)4;2-1(3,4)5/h9-13H,5-8H2,1-4H3;/q+1;-1. The molecule has 2 saturated heterocycles. The highest BCUT2D eigenvalue weighted by molar-refractivity contribution is 6.50. The van der Waals surface area contributed by atoms with Gasteiger partial charge in [-0.15, -0.1) is 0 Å². The van der Waals surface area contributed by atoms with Crippen LogP contribution in [-0.2, 0) is 0 Å². The molecule has 0 aromatic rings. The van der Waals surface area contributed by atoms with Crippen LogP contribution < -0.4 is 0 Å². The maximum atomic E-state index is 9.75. The van der Waals surface area contributed by atoms with Gasteiger partial charge in [0.05, 0.1) is 24.2 Å². The van der Waals surface area contributed by atoms with Gasteiger partial charge in [-0.25, -0.2) is 0 Å². The van der Waals surface area contributed by atoms with Gasteiger partial charge in [0, 0.05) is 0 Å². The molecule has 7 heteroatoms. The van der Waals surface area contributed by atoms with E-state index >= 15 is 0 Å². The van der Waals surface area contributed by atoms with Gasteiger partial charge >= 0.3 is 7.25 Å². The van der Waals surface area contributed by atoms with E-state index in [2.05, 4.69) is 43.5 Å². The first-order chi connectivity index (χ1) is 9.09. The summed E-state index contributed by atoms with van der Waals surface area (Å²) in [6, 6.07) is 2.94. The molecule has 4 unspecified atom stereocenters. The third-order valence-electron chi connectivity index (χ3n) is 4.31. The van der Waals surface area contributed by atoms with Crippen LogP contribution in [0.4, 0.5) is 17.3 Å². The molecule has 0 aromatic heterocycles. The van der Waals surface area contributed by atoms with Crippen LogP contribution in [0.25, 0.3) is 0 Å². The fraction of sp³-hybridized carbons (Fsp3) is 0.923. The summed E-state index contributed by atoms with van der Waals surface area (Å²) < 4.78 is 41.6. The zero-order valence-electron chi connectivity index (χ0n) is 12.7. The number of likely N-dealkylation sites (tertiary alicyclic amines) is 1. The monoisotopic (exact) mass is 296 g/mol. The van der Waals surface area contributed by atoms with Crippen molar-refractivity contribution in [2.24, 2.45) is 0 Å². The van der Waals surface area contributed by atoms with Crippen molar-refractivity contribution < 1.29 is 21.8 Å². The zero-order chi connectivity index (χ0) is 15.5. The van der Waals surface area contributed by atoms with Gasteiger partial charge in [-0.05, 0) is 53.4 Å². The van der Waals surface area contributed by atoms with Crippen LogP contribution in [0.5, 0.6) is 0 Å². The van der Waals surface area contributed by atoms with E-state index in [1.807, 2.05) is 0 Å². The summed E-state index contributed by atoms with van der Waals surface area (Å²) in [4.78, 5) is 2.57. The molecule has 2 nitrogen and oxygen atoms in total. The Morgan fingerprint density at radius 2 is 1.20 bits per heavy atom. The minimum absolute atomic E-state index is 0.736. The van der Waals surface area contributed by atoms with E-state index in [1.165, 1.54) is 25.7 Å². The van der Waals surface area contributed by atoms with Crippen molar-refractivity contribution in [3.05, 3.63) is 0 Å². The van der Waals surface area contributed by atoms with E-state index in [0.29, 0.717) is 0 Å². The van der Waals surface area contributed by atoms with Crippen LogP contribution in [0.3, 0.4) is 0 Å². The minimum Gasteiger partial charge on any atom is -0.418 e. The molecule has 0 saturated carbocycles. The van der Waals surface area contributed by atoms with Crippen molar-refractivity contribution in [3.8, 4) is 0 Å². The van der Waals surface area contributed by atoms with Gasteiger partial charge in [-0.3, -0.25) is 9.48 Å². The van der Waals surface area contributed by atoms with Crippen LogP contribution in [0.15, 0.2) is 0 Å². The van der Waals surface area contributed by atoms with Crippen LogP contribution in [0, 0.1) is 0 Å². The topological polar surface area (TPSA) is 6.25 Å². The maximum Gasteiger partial charge on any atom is 0.673 e. The molecule has 2 heterocycles. The lowest BCUT2D eigenvalue weighted by Crippen LogP contribution is -2.38. The zero-order valence-corrected chi connectivity index (χ0v) is 12.7. The van der Waals surface area contributed by atoms with Crippen molar-refractivity contribution in [1.82, 2.24) is 4.90 Å². The highest BCUT2D eigenvalue weighted by Gasteiger charge is 2.34. The highest BCUT2D eigenvalue weighted by atomic mass is 19.5. The lowest BCUT2D eigenvalue weighted by molar-refractivity contribution is -0.571. The maximum absolute atomic E-state index is 9.75. The average Bonchev–Trinajstić information content (AvgIpc) is 2.76. The van der Waals surface area contributed by atoms with Gasteiger partial charge in [0.2, 0.25) is 6.34 Å². The van der Waals surface area contributed by atoms with E-state index in [1.54, 1.807) is 0 Å². The molecule has 20 heavy (non-hydrogen) atoms. The van der Waals surface area contributed by atoms with Gasteiger partial charge in [0.1, 0.15) is 0 Å². The minimum atomic E-state index is -6.00. The summed E-state index contributed by atoms with van der Waals surface area (Å²) >= 11 is 0. The summed E-state index contributed by atoms with van der Waals surface area (Å²) in [5.74, 6) is 0. The summed E-state index contributed by atoms with van der Waals surface area (Å²) in [5.41, 5.74) is 0. The number of halogens is 4. The summed E-state index contributed by atoms with van der Waals surface area (Å²) in [7, 11) is -6.00. The molecule has 4 atom stereocenters. The van der Waals surface area contributed by atoms with Crippen LogP contribution in [-0.4, -0.2) is 47.2 Å². The van der Waals surface area contributed by atoms with Gasteiger partial charge in [-0.1, -0.05) is 0 Å². The molecule has 0 N–H and O–H groups in total. The van der Waals surface area contributed by atoms with Crippen LogP contribution >= 0.6 is 0 Å². The molecule has 0 amide bonds. The molecule has 2 rings (SSSR count). The predicted molar refractivity (Wildman–Crippen MR) is 74.7 cm³/mol. The van der Waals surface area contributed by atoms with E-state index < -0.39 is 7.25 Å². The summed E-state index contributed by atoms with van der Waals surface area (Å²) in [6.45, 7) is 9.41. The molecule has 2 aliphatic heterocycles. The van der Waals surface area contributed by atoms with Gasteiger partial charge < -0.3 is 17.3 Å². The molecule has 2 aliphatic rings. The Morgan fingerprint density at radius 3 is 1.55 bits per heavy atom. The third kappa shape index (κ3) is 5.33. The van der Waals surface area contributed by atoms with Gasteiger partial charge in [0.25, 0.3) is 0 Å². The van der Waals surface area contributed by atoms with E-state index in [0.717, 1.165) is 24.2 Å². The van der Waals surface area contributed by atoms with Crippen molar-refractivity contribution in [1.29, 1.82) is 0 Å². The first kappa shape index (κ1) is 17.3. The molecule has 0 radical (unpaired) electrons. The molecule has 0 aromatic carbocycles. The summed E-state index contributed by atoms with van der Waals surface area (Å²) in [5, 5.41) is 0. The molecular weight excluding hydrogens is 271 g/mol. The van der Waals surface area contributed by atoms with Crippen LogP contribution in [0.2, 0.25) is 0 Å². The van der Waals surface area contributed by atoms with Crippen molar-refractivity contribution in [3.63, 3.8) is 0 Å². The second-order valence-electron chi connectivity index (χ2n) is 6.06. The molecule has 0 spiro atoms. The van der Waals surface area contributed by atoms with Crippen molar-refractivity contribution >= 4 is 13.6 Å². The molecule has 118 valence electrons. The fourth-order valence-corrected chi connectivity index (χ4v) is 3.04. The number of nitrogens with zero attached hydrogens (tertiary/aromatic N) is 2. The Labute approximate surface area is 118 Å². The van der Waals surface area contributed by atoms with Crippen molar-refractivity contribution in [2.45, 2.75) is 77.5 Å². The van der Waals surface area contributed by atoms with Crippen LogP contribution in [0.1, 0.15) is 53.4 Å². The molecule has 0 aliphatic carbocycles. The first-order valence-electron chi connectivity index (χ1n) is 7.36. The Balaban J connectivity index is 0.000000347. The summed E-state index contributed by atoms with van der Waals surface area (Å²) in [6.07, 6.45) is 7.84. The highest BCUT2D eigenvalue weighted by Crippen LogP contribution is 2.24. The average molecular weight is 296 g/mol. The Kier molecular flexibility index (Phi) is 5.89. The Morgan fingerprint density at radius 1 is 0.850 bits per heavy atom. The van der Waals surface area contributed by atoms with Gasteiger partial charge in [0.15, 0.2) is 0 Å². The second-order valence-corrected chi connectivity index (χ2v) is 6.06. The lowest BCUT2D eigenvalue weighted by Gasteiger charge is -2.20. The van der Waals surface area contributed by atoms with Crippen molar-refractivity contribution in [2.75, 3.05) is 0 Å². The van der Waals surface area contributed by atoms with E-state index in [9.17, 15) is 17.3 Å². The number of hydrogen-bond donors (Lipinski definition) is 0. The normalized spacial score (nSPS) is 34.0. The molecule has 0 bridgehead atoms. The molecular formula is C13H25BF4N2. The predicted octanol–water partition coefficient (Wildman–Crippen LogP) is 3.77. The Hall–Kier alpha value is -0.745. The quantitative estimate of drug-likeness (QED) is 0.309. The third-order valence-corrected chi connectivity index (χ3v) is 4.31. The SMILES string of the molecule is CC1CCC(C)N1C=[N+]1C(C)CCC1C.F[B-](F)(F)F. The van der Waals surface area contributed by atoms with Gasteiger partial charge in [-0.2, -0.15) is 0 Å². The number of hydrogen-bond acceptors (Lipinski definition) is 0. The second kappa shape index (κ2) is 6.81. The van der Waals surface area contributed by atoms with E-state index in [-0.39, 0.29) is 0 Å². The first-order valence-corrected chi connectivity index (χ1v) is 7.36. The van der Waals surface area contributed by atoms with E-state index in [4.69, 9.17) is 0 Å². The largest absolute Gasteiger partial charge is 0.673 e. The molecule has 2 fully saturated rings. The fourth-order valence-electron chi connectivity index (χ4n) is 3.04.